The van der Waals surface area contributed by atoms with Crippen LogP contribution >= 0.6 is 15.9 Å². The largest absolute Gasteiger partial charge is 0.457 e. The Balaban J connectivity index is 1.37. The van der Waals surface area contributed by atoms with Crippen LogP contribution in [0.2, 0.25) is 0 Å². The van der Waals surface area contributed by atoms with Gasteiger partial charge >= 0.3 is 5.97 Å². The molecule has 0 aromatic carbocycles. The van der Waals surface area contributed by atoms with Gasteiger partial charge in [0.05, 0.1) is 6.42 Å². The molecule has 132 valence electrons. The number of aromatic nitrogens is 4. The highest BCUT2D eigenvalue weighted by atomic mass is 79.9. The molecule has 4 saturated carbocycles. The second-order valence-electron chi connectivity index (χ2n) is 8.27. The molecular weight excluding hydrogens is 372 g/mol. The summed E-state index contributed by atoms with van der Waals surface area (Å²) in [7, 11) is 0. The van der Waals surface area contributed by atoms with Crippen LogP contribution in [0.5, 0.6) is 0 Å². The number of tetrazole rings is 1. The van der Waals surface area contributed by atoms with Crippen LogP contribution in [-0.4, -0.2) is 30.5 Å². The summed E-state index contributed by atoms with van der Waals surface area (Å²) < 4.78 is 7.52. The highest BCUT2D eigenvalue weighted by Crippen LogP contribution is 2.65. The molecule has 0 radical (unpaired) electrons. The molecule has 4 atom stereocenters. The molecule has 7 heteroatoms. The normalized spacial score (nSPS) is 36.9. The van der Waals surface area contributed by atoms with E-state index in [0.29, 0.717) is 12.2 Å². The standard InChI is InChI=1S/C17H25BrN4O2/c1-2-3-22-14(19-20-21-22)10-24-15(23)9-16-5-12-4-13(6-16)8-17(18,7-12)11-16/h12-13H,2-11H2,1H3/t12-,13+,16?,17?. The number of esters is 1. The van der Waals surface area contributed by atoms with E-state index in [4.69, 9.17) is 4.74 Å². The molecule has 0 amide bonds. The van der Waals surface area contributed by atoms with Crippen molar-refractivity contribution in [1.29, 1.82) is 0 Å². The summed E-state index contributed by atoms with van der Waals surface area (Å²) in [6.07, 6.45) is 8.93. The van der Waals surface area contributed by atoms with Crippen molar-refractivity contribution in [3.63, 3.8) is 0 Å². The lowest BCUT2D eigenvalue weighted by molar-refractivity contribution is -0.152. The Labute approximate surface area is 150 Å². The SMILES string of the molecule is CCCn1nnnc1COC(=O)CC12C[C@@H]3C[C@@H](CC(Br)(C3)C1)C2. The van der Waals surface area contributed by atoms with Crippen molar-refractivity contribution in [3.05, 3.63) is 5.82 Å². The summed E-state index contributed by atoms with van der Waals surface area (Å²) in [5, 5.41) is 11.6. The van der Waals surface area contributed by atoms with Crippen LogP contribution in [0.1, 0.15) is 64.1 Å². The zero-order valence-electron chi connectivity index (χ0n) is 14.2. The Morgan fingerprint density at radius 2 is 2.08 bits per heavy atom. The van der Waals surface area contributed by atoms with Gasteiger partial charge in [0.1, 0.15) is 0 Å². The van der Waals surface area contributed by atoms with Crippen molar-refractivity contribution in [2.45, 2.75) is 75.8 Å². The maximum Gasteiger partial charge on any atom is 0.306 e. The van der Waals surface area contributed by atoms with Gasteiger partial charge < -0.3 is 4.74 Å². The van der Waals surface area contributed by atoms with E-state index in [1.54, 1.807) is 4.68 Å². The summed E-state index contributed by atoms with van der Waals surface area (Å²) in [5.74, 6) is 2.11. The van der Waals surface area contributed by atoms with Gasteiger partial charge in [-0.1, -0.05) is 22.9 Å². The van der Waals surface area contributed by atoms with Crippen LogP contribution in [-0.2, 0) is 22.7 Å². The number of rotatable bonds is 6. The van der Waals surface area contributed by atoms with E-state index < -0.39 is 0 Å². The van der Waals surface area contributed by atoms with E-state index in [9.17, 15) is 4.79 Å². The molecule has 2 unspecified atom stereocenters. The van der Waals surface area contributed by atoms with Gasteiger partial charge in [-0.3, -0.25) is 4.79 Å². The number of halogens is 1. The third kappa shape index (κ3) is 3.11. The monoisotopic (exact) mass is 396 g/mol. The summed E-state index contributed by atoms with van der Waals surface area (Å²) in [4.78, 5) is 12.5. The number of aryl methyl sites for hydroxylation is 1. The molecule has 6 nitrogen and oxygen atoms in total. The predicted octanol–water partition coefficient (Wildman–Crippen LogP) is 3.25. The van der Waals surface area contributed by atoms with Crippen LogP contribution in [0.15, 0.2) is 0 Å². The molecule has 1 aromatic rings. The van der Waals surface area contributed by atoms with E-state index in [2.05, 4.69) is 38.4 Å². The van der Waals surface area contributed by atoms with E-state index >= 15 is 0 Å². The zero-order valence-corrected chi connectivity index (χ0v) is 15.8. The molecule has 0 aliphatic heterocycles. The molecule has 4 aliphatic carbocycles. The van der Waals surface area contributed by atoms with Gasteiger partial charge in [0.15, 0.2) is 12.4 Å². The zero-order chi connectivity index (χ0) is 16.8. The summed E-state index contributed by atoms with van der Waals surface area (Å²) in [6.45, 7) is 2.99. The Morgan fingerprint density at radius 1 is 1.33 bits per heavy atom. The molecule has 0 spiro atoms. The molecule has 4 aliphatic rings. The van der Waals surface area contributed by atoms with Gasteiger partial charge in [-0.2, -0.15) is 0 Å². The fourth-order valence-corrected chi connectivity index (χ4v) is 7.27. The third-order valence-electron chi connectivity index (χ3n) is 6.03. The lowest BCUT2D eigenvalue weighted by Gasteiger charge is -2.60. The molecule has 0 N–H and O–H groups in total. The van der Waals surface area contributed by atoms with Crippen molar-refractivity contribution < 1.29 is 9.53 Å². The minimum atomic E-state index is -0.0981. The molecule has 4 fully saturated rings. The molecular formula is C17H25BrN4O2. The number of hydrogen-bond acceptors (Lipinski definition) is 5. The first-order chi connectivity index (χ1) is 11.5. The Morgan fingerprint density at radius 3 is 2.75 bits per heavy atom. The van der Waals surface area contributed by atoms with Gasteiger partial charge in [0.2, 0.25) is 0 Å². The predicted molar refractivity (Wildman–Crippen MR) is 91.3 cm³/mol. The summed E-state index contributed by atoms with van der Waals surface area (Å²) in [6, 6.07) is 0. The Bertz CT molecular complexity index is 618. The molecule has 0 saturated heterocycles. The first-order valence-electron chi connectivity index (χ1n) is 9.09. The van der Waals surface area contributed by atoms with Gasteiger partial charge in [-0.05, 0) is 72.6 Å². The molecule has 5 rings (SSSR count). The summed E-state index contributed by atoms with van der Waals surface area (Å²) in [5.41, 5.74) is 0.153. The van der Waals surface area contributed by atoms with E-state index in [0.717, 1.165) is 31.2 Å². The minimum absolute atomic E-state index is 0.0981. The fraction of sp³-hybridized carbons (Fsp3) is 0.882. The second-order valence-corrected chi connectivity index (χ2v) is 9.95. The van der Waals surface area contributed by atoms with Crippen molar-refractivity contribution >= 4 is 21.9 Å². The molecule has 4 bridgehead atoms. The third-order valence-corrected chi connectivity index (χ3v) is 6.96. The Hall–Kier alpha value is -0.980. The number of nitrogens with zero attached hydrogens (tertiary/aromatic N) is 4. The number of carbonyl (C=O) groups is 1. The van der Waals surface area contributed by atoms with Crippen LogP contribution < -0.4 is 0 Å². The second kappa shape index (κ2) is 6.07. The fourth-order valence-electron chi connectivity index (χ4n) is 5.76. The quantitative estimate of drug-likeness (QED) is 0.545. The van der Waals surface area contributed by atoms with Gasteiger partial charge in [-0.15, -0.1) is 5.10 Å². The van der Waals surface area contributed by atoms with Crippen LogP contribution in [0.4, 0.5) is 0 Å². The molecule has 1 heterocycles. The first kappa shape index (κ1) is 16.5. The van der Waals surface area contributed by atoms with Gasteiger partial charge in [0.25, 0.3) is 0 Å². The van der Waals surface area contributed by atoms with E-state index in [1.165, 1.54) is 32.1 Å². The highest BCUT2D eigenvalue weighted by Gasteiger charge is 2.57. The summed E-state index contributed by atoms with van der Waals surface area (Å²) >= 11 is 4.00. The van der Waals surface area contributed by atoms with E-state index in [1.807, 2.05) is 0 Å². The lowest BCUT2D eigenvalue weighted by Crippen LogP contribution is -2.53. The number of ether oxygens (including phenoxy) is 1. The van der Waals surface area contributed by atoms with Crippen molar-refractivity contribution in [2.75, 3.05) is 0 Å². The Kier molecular flexibility index (Phi) is 4.17. The van der Waals surface area contributed by atoms with Crippen molar-refractivity contribution in [1.82, 2.24) is 20.2 Å². The number of carbonyl (C=O) groups excluding carboxylic acids is 1. The smallest absolute Gasteiger partial charge is 0.306 e. The van der Waals surface area contributed by atoms with E-state index in [-0.39, 0.29) is 22.3 Å². The molecule has 24 heavy (non-hydrogen) atoms. The average Bonchev–Trinajstić information content (AvgIpc) is 2.89. The maximum atomic E-state index is 12.5. The van der Waals surface area contributed by atoms with Gasteiger partial charge in [0, 0.05) is 10.9 Å². The van der Waals surface area contributed by atoms with Crippen LogP contribution in [0.3, 0.4) is 0 Å². The average molecular weight is 397 g/mol. The maximum absolute atomic E-state index is 12.5. The lowest BCUT2D eigenvalue weighted by atomic mass is 9.49. The van der Waals surface area contributed by atoms with Crippen LogP contribution in [0.25, 0.3) is 0 Å². The van der Waals surface area contributed by atoms with Crippen molar-refractivity contribution in [2.24, 2.45) is 17.3 Å². The number of hydrogen-bond donors (Lipinski definition) is 0. The minimum Gasteiger partial charge on any atom is -0.457 e. The van der Waals surface area contributed by atoms with Crippen LogP contribution in [0, 0.1) is 17.3 Å². The van der Waals surface area contributed by atoms with Gasteiger partial charge in [-0.25, -0.2) is 4.68 Å². The topological polar surface area (TPSA) is 69.9 Å². The van der Waals surface area contributed by atoms with Crippen molar-refractivity contribution in [3.8, 4) is 0 Å². The first-order valence-corrected chi connectivity index (χ1v) is 9.88. The highest BCUT2D eigenvalue weighted by molar-refractivity contribution is 9.10. The molecule has 1 aromatic heterocycles. The number of alkyl halides is 1.